The van der Waals surface area contributed by atoms with Crippen LogP contribution in [0.5, 0.6) is 0 Å². The number of amides is 5. The topological polar surface area (TPSA) is 98.8 Å². The minimum Gasteiger partial charge on any atom is -0.324 e. The van der Waals surface area contributed by atoms with Crippen LogP contribution >= 0.6 is 0 Å². The summed E-state index contributed by atoms with van der Waals surface area (Å²) in [5.41, 5.74) is 0.120. The van der Waals surface area contributed by atoms with Crippen LogP contribution in [-0.4, -0.2) is 46.8 Å². The third kappa shape index (κ3) is 3.58. The Kier molecular flexibility index (Phi) is 5.40. The molecular weight excluding hydrogens is 360 g/mol. The smallest absolute Gasteiger partial charge is 0.324 e. The lowest BCUT2D eigenvalue weighted by Crippen LogP contribution is -2.48. The van der Waals surface area contributed by atoms with Crippen LogP contribution in [0.1, 0.15) is 46.5 Å². The molecule has 150 valence electrons. The lowest BCUT2D eigenvalue weighted by atomic mass is 9.95. The van der Waals surface area contributed by atoms with Gasteiger partial charge in [-0.2, -0.15) is 0 Å². The third-order valence-electron chi connectivity index (χ3n) is 5.30. The van der Waals surface area contributed by atoms with E-state index >= 15 is 0 Å². The minimum absolute atomic E-state index is 0.134. The number of benzene rings is 1. The highest BCUT2D eigenvalue weighted by molar-refractivity contribution is 6.11. The number of urea groups is 1. The zero-order valence-electron chi connectivity index (χ0n) is 16.4. The predicted octanol–water partition coefficient (Wildman–Crippen LogP) is 2.25. The number of hydrogen-bond donors (Lipinski definition) is 2. The fourth-order valence-electron chi connectivity index (χ4n) is 3.77. The average Bonchev–Trinajstić information content (AvgIpc) is 2.77. The number of rotatable bonds is 5. The van der Waals surface area contributed by atoms with Crippen LogP contribution in [0.3, 0.4) is 0 Å². The Morgan fingerprint density at radius 2 is 1.96 bits per heavy atom. The third-order valence-corrected chi connectivity index (χ3v) is 5.30. The maximum Gasteiger partial charge on any atom is 0.325 e. The Balaban J connectivity index is 1.83. The van der Waals surface area contributed by atoms with Crippen molar-refractivity contribution in [2.45, 2.75) is 58.0 Å². The summed E-state index contributed by atoms with van der Waals surface area (Å²) in [5, 5.41) is 5.52. The lowest BCUT2D eigenvalue weighted by molar-refractivity contribution is -0.134. The first-order valence-corrected chi connectivity index (χ1v) is 9.62. The minimum atomic E-state index is -0.979. The van der Waals surface area contributed by atoms with E-state index < -0.39 is 23.5 Å². The summed E-state index contributed by atoms with van der Waals surface area (Å²) >= 11 is 0. The Hall–Kier alpha value is -2.90. The Morgan fingerprint density at radius 3 is 2.68 bits per heavy atom. The normalized spacial score (nSPS) is 24.5. The molecule has 2 unspecified atom stereocenters. The Morgan fingerprint density at radius 1 is 1.25 bits per heavy atom. The van der Waals surface area contributed by atoms with Crippen LogP contribution < -0.4 is 15.5 Å². The van der Waals surface area contributed by atoms with Gasteiger partial charge in [-0.05, 0) is 32.4 Å². The fraction of sp³-hybridized carbons (Fsp3) is 0.500. The van der Waals surface area contributed by atoms with Crippen LogP contribution in [-0.2, 0) is 14.4 Å². The molecule has 2 atom stereocenters. The van der Waals surface area contributed by atoms with E-state index in [0.717, 1.165) is 17.7 Å². The van der Waals surface area contributed by atoms with Crippen molar-refractivity contribution >= 4 is 35.1 Å². The van der Waals surface area contributed by atoms with E-state index in [0.29, 0.717) is 17.8 Å². The predicted molar refractivity (Wildman–Crippen MR) is 105 cm³/mol. The van der Waals surface area contributed by atoms with Gasteiger partial charge in [0, 0.05) is 12.5 Å². The van der Waals surface area contributed by atoms with Gasteiger partial charge in [-0.25, -0.2) is 4.79 Å². The molecule has 8 heteroatoms. The maximum atomic E-state index is 13.1. The molecule has 2 aliphatic rings. The van der Waals surface area contributed by atoms with E-state index in [4.69, 9.17) is 0 Å². The first-order chi connectivity index (χ1) is 13.3. The van der Waals surface area contributed by atoms with E-state index in [2.05, 4.69) is 10.6 Å². The number of nitrogens with zero attached hydrogens (tertiary/aromatic N) is 2. The highest BCUT2D eigenvalue weighted by Gasteiger charge is 2.48. The van der Waals surface area contributed by atoms with Crippen molar-refractivity contribution in [1.82, 2.24) is 10.2 Å². The van der Waals surface area contributed by atoms with E-state index in [9.17, 15) is 19.2 Å². The van der Waals surface area contributed by atoms with Crippen LogP contribution in [0.4, 0.5) is 16.2 Å². The molecule has 1 fully saturated rings. The summed E-state index contributed by atoms with van der Waals surface area (Å²) < 4.78 is 0. The first kappa shape index (κ1) is 19.9. The van der Waals surface area contributed by atoms with Gasteiger partial charge in [0.25, 0.3) is 5.91 Å². The molecule has 2 N–H and O–H groups in total. The van der Waals surface area contributed by atoms with Crippen molar-refractivity contribution in [2.24, 2.45) is 0 Å². The van der Waals surface area contributed by atoms with Gasteiger partial charge in [0.15, 0.2) is 0 Å². The molecule has 0 saturated carbocycles. The number of hydrogen-bond acceptors (Lipinski definition) is 4. The number of carbonyl (C=O) groups excluding carboxylic acids is 4. The molecule has 0 radical (unpaired) electrons. The first-order valence-electron chi connectivity index (χ1n) is 9.62. The van der Waals surface area contributed by atoms with E-state index in [1.165, 1.54) is 4.90 Å². The van der Waals surface area contributed by atoms with Crippen LogP contribution in [0, 0.1) is 0 Å². The number of fused-ring (bicyclic) bond motifs is 1. The standard InChI is InChI=1S/C20H26N4O4/c1-4-5-10-20(3)18(27)23(19(28)22-20)12-17(26)24-13(2)11-16(25)21-14-8-6-7-9-15(14)24/h6-9,13H,4-5,10-12H2,1-3H3,(H,21,25)(H,22,28). The summed E-state index contributed by atoms with van der Waals surface area (Å²) in [5.74, 6) is -0.971. The molecule has 1 saturated heterocycles. The van der Waals surface area contributed by atoms with Gasteiger partial charge in [0.1, 0.15) is 12.1 Å². The van der Waals surface area contributed by atoms with Gasteiger partial charge in [0.2, 0.25) is 11.8 Å². The second-order valence-corrected chi connectivity index (χ2v) is 7.64. The monoisotopic (exact) mass is 386 g/mol. The number of anilines is 2. The molecule has 2 aliphatic heterocycles. The quantitative estimate of drug-likeness (QED) is 0.758. The highest BCUT2D eigenvalue weighted by atomic mass is 16.2. The number of para-hydroxylation sites is 2. The summed E-state index contributed by atoms with van der Waals surface area (Å²) in [4.78, 5) is 52.9. The van der Waals surface area contributed by atoms with Crippen molar-refractivity contribution in [3.05, 3.63) is 24.3 Å². The van der Waals surface area contributed by atoms with Crippen LogP contribution in [0.25, 0.3) is 0 Å². The van der Waals surface area contributed by atoms with Crippen molar-refractivity contribution in [1.29, 1.82) is 0 Å². The fourth-order valence-corrected chi connectivity index (χ4v) is 3.77. The lowest BCUT2D eigenvalue weighted by Gasteiger charge is -2.29. The molecule has 0 bridgehead atoms. The number of imide groups is 1. The van der Waals surface area contributed by atoms with Crippen molar-refractivity contribution in [3.63, 3.8) is 0 Å². The largest absolute Gasteiger partial charge is 0.325 e. The summed E-state index contributed by atoms with van der Waals surface area (Å²) in [6.45, 7) is 5.12. The molecule has 3 rings (SSSR count). The van der Waals surface area contributed by atoms with Gasteiger partial charge in [-0.3, -0.25) is 19.3 Å². The zero-order chi connectivity index (χ0) is 20.5. The average molecular weight is 386 g/mol. The van der Waals surface area contributed by atoms with Gasteiger partial charge in [0.05, 0.1) is 11.4 Å². The van der Waals surface area contributed by atoms with Gasteiger partial charge in [-0.15, -0.1) is 0 Å². The molecule has 0 spiro atoms. The summed E-state index contributed by atoms with van der Waals surface area (Å²) in [7, 11) is 0. The van der Waals surface area contributed by atoms with E-state index in [1.807, 2.05) is 6.92 Å². The molecular formula is C20H26N4O4. The molecule has 1 aromatic rings. The van der Waals surface area contributed by atoms with Gasteiger partial charge >= 0.3 is 6.03 Å². The van der Waals surface area contributed by atoms with E-state index in [-0.39, 0.29) is 24.8 Å². The van der Waals surface area contributed by atoms with Crippen molar-refractivity contribution < 1.29 is 19.2 Å². The molecule has 0 aromatic heterocycles. The van der Waals surface area contributed by atoms with Gasteiger partial charge < -0.3 is 15.5 Å². The highest BCUT2D eigenvalue weighted by Crippen LogP contribution is 2.32. The van der Waals surface area contributed by atoms with Crippen LogP contribution in [0.2, 0.25) is 0 Å². The molecule has 8 nitrogen and oxygen atoms in total. The maximum absolute atomic E-state index is 13.1. The molecule has 0 aliphatic carbocycles. The second kappa shape index (κ2) is 7.61. The van der Waals surface area contributed by atoms with Gasteiger partial charge in [-0.1, -0.05) is 31.9 Å². The molecule has 2 heterocycles. The van der Waals surface area contributed by atoms with Crippen molar-refractivity contribution in [2.75, 3.05) is 16.8 Å². The molecule has 28 heavy (non-hydrogen) atoms. The number of unbranched alkanes of at least 4 members (excludes halogenated alkanes) is 1. The number of carbonyl (C=O) groups is 4. The molecule has 5 amide bonds. The SMILES string of the molecule is CCCCC1(C)NC(=O)N(CC(=O)N2c3ccccc3NC(=O)CC2C)C1=O. The van der Waals surface area contributed by atoms with Crippen LogP contribution in [0.15, 0.2) is 24.3 Å². The van der Waals surface area contributed by atoms with Crippen molar-refractivity contribution in [3.8, 4) is 0 Å². The summed E-state index contributed by atoms with van der Waals surface area (Å²) in [6.07, 6.45) is 2.37. The Labute approximate surface area is 164 Å². The molecule has 1 aromatic carbocycles. The summed E-state index contributed by atoms with van der Waals surface area (Å²) in [6, 6.07) is 6.06. The number of nitrogens with one attached hydrogen (secondary N) is 2. The van der Waals surface area contributed by atoms with E-state index in [1.54, 1.807) is 38.1 Å². The zero-order valence-corrected chi connectivity index (χ0v) is 16.4. The second-order valence-electron chi connectivity index (χ2n) is 7.64. The Bertz CT molecular complexity index is 824.